The third-order valence-electron chi connectivity index (χ3n) is 3.92. The van der Waals surface area contributed by atoms with Gasteiger partial charge in [0, 0.05) is 23.0 Å². The molecule has 3 rings (SSSR count). The van der Waals surface area contributed by atoms with Crippen LogP contribution in [-0.2, 0) is 0 Å². The second kappa shape index (κ2) is 5.92. The number of para-hydroxylation sites is 1. The van der Waals surface area contributed by atoms with E-state index in [4.69, 9.17) is 0 Å². The molecular formula is C16H17BrN2O. The van der Waals surface area contributed by atoms with Crippen molar-refractivity contribution in [1.82, 2.24) is 10.3 Å². The van der Waals surface area contributed by atoms with Crippen molar-refractivity contribution in [3.8, 4) is 0 Å². The molecule has 2 aromatic rings. The van der Waals surface area contributed by atoms with E-state index in [9.17, 15) is 4.79 Å². The van der Waals surface area contributed by atoms with Crippen molar-refractivity contribution in [2.75, 3.05) is 6.54 Å². The maximum atomic E-state index is 12.3. The summed E-state index contributed by atoms with van der Waals surface area (Å²) in [7, 11) is 0. The maximum absolute atomic E-state index is 12.3. The Morgan fingerprint density at radius 2 is 2.15 bits per heavy atom. The van der Waals surface area contributed by atoms with E-state index in [1.165, 1.54) is 12.8 Å². The largest absolute Gasteiger partial charge is 0.352 e. The van der Waals surface area contributed by atoms with E-state index in [0.717, 1.165) is 23.9 Å². The van der Waals surface area contributed by atoms with E-state index in [-0.39, 0.29) is 5.91 Å². The normalized spacial score (nSPS) is 22.1. The van der Waals surface area contributed by atoms with Gasteiger partial charge >= 0.3 is 0 Å². The molecule has 0 radical (unpaired) electrons. The average molecular weight is 333 g/mol. The van der Waals surface area contributed by atoms with Crippen molar-refractivity contribution < 1.29 is 4.79 Å². The molecule has 0 spiro atoms. The summed E-state index contributed by atoms with van der Waals surface area (Å²) in [6.07, 6.45) is 5.24. The number of halogens is 1. The minimum atomic E-state index is 0.00150. The molecule has 1 aromatic heterocycles. The van der Waals surface area contributed by atoms with Crippen LogP contribution in [0, 0.1) is 5.92 Å². The first-order chi connectivity index (χ1) is 9.74. The minimum Gasteiger partial charge on any atom is -0.352 e. The van der Waals surface area contributed by atoms with E-state index in [1.807, 2.05) is 24.3 Å². The molecule has 2 atom stereocenters. The van der Waals surface area contributed by atoms with Gasteiger partial charge in [-0.2, -0.15) is 0 Å². The maximum Gasteiger partial charge on any atom is 0.252 e. The number of alkyl halides is 1. The van der Waals surface area contributed by atoms with Gasteiger partial charge in [-0.1, -0.05) is 34.1 Å². The van der Waals surface area contributed by atoms with Crippen LogP contribution in [0.3, 0.4) is 0 Å². The molecule has 1 saturated carbocycles. The van der Waals surface area contributed by atoms with Crippen LogP contribution in [0.25, 0.3) is 10.9 Å². The number of pyridine rings is 1. The van der Waals surface area contributed by atoms with Crippen molar-refractivity contribution in [1.29, 1.82) is 0 Å². The number of nitrogens with zero attached hydrogens (tertiary/aromatic N) is 1. The molecule has 1 aliphatic carbocycles. The predicted molar refractivity (Wildman–Crippen MR) is 84.1 cm³/mol. The van der Waals surface area contributed by atoms with E-state index < -0.39 is 0 Å². The number of nitrogens with one attached hydrogen (secondary N) is 1. The lowest BCUT2D eigenvalue weighted by molar-refractivity contribution is 0.0949. The molecule has 20 heavy (non-hydrogen) atoms. The molecule has 1 amide bonds. The summed E-state index contributed by atoms with van der Waals surface area (Å²) in [5, 5.41) is 3.98. The van der Waals surface area contributed by atoms with Gasteiger partial charge < -0.3 is 5.32 Å². The van der Waals surface area contributed by atoms with Gasteiger partial charge in [0.15, 0.2) is 0 Å². The Kier molecular flexibility index (Phi) is 4.01. The van der Waals surface area contributed by atoms with Gasteiger partial charge in [0.2, 0.25) is 0 Å². The van der Waals surface area contributed by atoms with Crippen molar-refractivity contribution in [3.63, 3.8) is 0 Å². The highest BCUT2D eigenvalue weighted by atomic mass is 79.9. The highest BCUT2D eigenvalue weighted by Crippen LogP contribution is 2.30. The van der Waals surface area contributed by atoms with Crippen LogP contribution in [0.15, 0.2) is 36.5 Å². The number of aromatic nitrogens is 1. The van der Waals surface area contributed by atoms with Crippen molar-refractivity contribution in [2.24, 2.45) is 5.92 Å². The monoisotopic (exact) mass is 332 g/mol. The second-order valence-electron chi connectivity index (χ2n) is 5.36. The Morgan fingerprint density at radius 3 is 2.95 bits per heavy atom. The van der Waals surface area contributed by atoms with Gasteiger partial charge in [-0.25, -0.2) is 0 Å². The highest BCUT2D eigenvalue weighted by molar-refractivity contribution is 9.09. The summed E-state index contributed by atoms with van der Waals surface area (Å²) in [6.45, 7) is 0.761. The van der Waals surface area contributed by atoms with Crippen LogP contribution in [0.2, 0.25) is 0 Å². The average Bonchev–Trinajstić information content (AvgIpc) is 2.90. The minimum absolute atomic E-state index is 0.00150. The number of hydrogen-bond acceptors (Lipinski definition) is 2. The van der Waals surface area contributed by atoms with Gasteiger partial charge in [-0.05, 0) is 37.3 Å². The number of carbonyl (C=O) groups excluding carboxylic acids is 1. The fourth-order valence-corrected chi connectivity index (χ4v) is 3.62. The molecule has 2 unspecified atom stereocenters. The predicted octanol–water partition coefficient (Wildman–Crippen LogP) is 3.53. The second-order valence-corrected chi connectivity index (χ2v) is 6.66. The van der Waals surface area contributed by atoms with Gasteiger partial charge in [-0.15, -0.1) is 0 Å². The fourth-order valence-electron chi connectivity index (χ4n) is 2.83. The molecule has 4 heteroatoms. The zero-order valence-electron chi connectivity index (χ0n) is 11.2. The third-order valence-corrected chi connectivity index (χ3v) is 4.75. The molecule has 1 aromatic carbocycles. The molecule has 1 aliphatic rings. The molecule has 1 heterocycles. The fraction of sp³-hybridized carbons (Fsp3) is 0.375. The van der Waals surface area contributed by atoms with E-state index in [0.29, 0.717) is 16.3 Å². The van der Waals surface area contributed by atoms with Crippen LogP contribution in [0.4, 0.5) is 0 Å². The summed E-state index contributed by atoms with van der Waals surface area (Å²) in [5.74, 6) is 0.595. The number of fused-ring (bicyclic) bond motifs is 1. The first kappa shape index (κ1) is 13.6. The number of amides is 1. The van der Waals surface area contributed by atoms with Crippen molar-refractivity contribution >= 4 is 32.7 Å². The number of carbonyl (C=O) groups is 1. The SMILES string of the molecule is O=C(NCC1CCC(Br)C1)c1ccnc2ccccc12. The standard InChI is InChI=1S/C16H17BrN2O/c17-12-6-5-11(9-12)10-19-16(20)14-7-8-18-15-4-2-1-3-13(14)15/h1-4,7-8,11-12H,5-6,9-10H2,(H,19,20). The molecule has 1 N–H and O–H groups in total. The third kappa shape index (κ3) is 2.85. The molecule has 0 bridgehead atoms. The van der Waals surface area contributed by atoms with E-state index in [2.05, 4.69) is 26.2 Å². The Balaban J connectivity index is 1.72. The first-order valence-electron chi connectivity index (χ1n) is 7.00. The topological polar surface area (TPSA) is 42.0 Å². The quantitative estimate of drug-likeness (QED) is 0.873. The summed E-state index contributed by atoms with van der Waals surface area (Å²) >= 11 is 3.64. The summed E-state index contributed by atoms with van der Waals surface area (Å²) in [4.78, 5) is 17.2. The lowest BCUT2D eigenvalue weighted by Crippen LogP contribution is -2.28. The molecule has 1 fully saturated rings. The zero-order valence-corrected chi connectivity index (χ0v) is 12.8. The zero-order chi connectivity index (χ0) is 13.9. The van der Waals surface area contributed by atoms with Gasteiger partial charge in [0.1, 0.15) is 0 Å². The molecule has 0 aliphatic heterocycles. The summed E-state index contributed by atoms with van der Waals surface area (Å²) < 4.78 is 0. The Morgan fingerprint density at radius 1 is 1.30 bits per heavy atom. The van der Waals surface area contributed by atoms with Gasteiger partial charge in [0.05, 0.1) is 11.1 Å². The van der Waals surface area contributed by atoms with Crippen LogP contribution < -0.4 is 5.32 Å². The highest BCUT2D eigenvalue weighted by Gasteiger charge is 2.23. The lowest BCUT2D eigenvalue weighted by Gasteiger charge is -2.12. The molecule has 104 valence electrons. The Bertz CT molecular complexity index is 623. The first-order valence-corrected chi connectivity index (χ1v) is 7.91. The molecular weight excluding hydrogens is 316 g/mol. The van der Waals surface area contributed by atoms with Crippen LogP contribution in [0.1, 0.15) is 29.6 Å². The Hall–Kier alpha value is -1.42. The number of hydrogen-bond donors (Lipinski definition) is 1. The number of rotatable bonds is 3. The van der Waals surface area contributed by atoms with Crippen LogP contribution in [0.5, 0.6) is 0 Å². The molecule has 3 nitrogen and oxygen atoms in total. The number of benzene rings is 1. The van der Waals surface area contributed by atoms with Gasteiger partial charge in [-0.3, -0.25) is 9.78 Å². The van der Waals surface area contributed by atoms with Gasteiger partial charge in [0.25, 0.3) is 5.91 Å². The van der Waals surface area contributed by atoms with E-state index >= 15 is 0 Å². The van der Waals surface area contributed by atoms with Crippen molar-refractivity contribution in [3.05, 3.63) is 42.1 Å². The van der Waals surface area contributed by atoms with Crippen molar-refractivity contribution in [2.45, 2.75) is 24.1 Å². The smallest absolute Gasteiger partial charge is 0.252 e. The summed E-state index contributed by atoms with van der Waals surface area (Å²) in [5.41, 5.74) is 1.57. The van der Waals surface area contributed by atoms with E-state index in [1.54, 1.807) is 12.3 Å². The van der Waals surface area contributed by atoms with Crippen LogP contribution in [-0.4, -0.2) is 22.3 Å². The van der Waals surface area contributed by atoms with Crippen LogP contribution >= 0.6 is 15.9 Å². The Labute approximate surface area is 126 Å². The lowest BCUT2D eigenvalue weighted by atomic mass is 10.1. The molecule has 0 saturated heterocycles. The summed E-state index contributed by atoms with van der Waals surface area (Å²) in [6, 6.07) is 9.54.